The fourth-order valence-electron chi connectivity index (χ4n) is 2.62. The zero-order chi connectivity index (χ0) is 21.7. The molecule has 0 spiro atoms. The first kappa shape index (κ1) is 22.8. The molecule has 2 aromatic rings. The molecule has 0 N–H and O–H groups in total. The van der Waals surface area contributed by atoms with Crippen molar-refractivity contribution < 1.29 is 26.5 Å². The number of rotatable bonds is 8. The Morgan fingerprint density at radius 3 is 2.34 bits per heavy atom. The van der Waals surface area contributed by atoms with E-state index in [-0.39, 0.29) is 23.1 Å². The van der Waals surface area contributed by atoms with Crippen LogP contribution in [-0.2, 0) is 26.2 Å². The maximum absolute atomic E-state index is 13.0. The van der Waals surface area contributed by atoms with Crippen LogP contribution < -0.4 is 4.18 Å². The molecule has 0 atom stereocenters. The number of amides is 1. The Morgan fingerprint density at radius 1 is 1.10 bits per heavy atom. The number of ether oxygens (including phenoxy) is 1. The lowest BCUT2D eigenvalue weighted by molar-refractivity contribution is -0.140. The van der Waals surface area contributed by atoms with E-state index in [0.29, 0.717) is 18.7 Å². The van der Waals surface area contributed by atoms with Gasteiger partial charge in [0.2, 0.25) is 5.91 Å². The second kappa shape index (κ2) is 9.37. The average molecular weight is 424 g/mol. The quantitative estimate of drug-likeness (QED) is 0.607. The van der Waals surface area contributed by atoms with Crippen LogP contribution in [0.4, 0.5) is 4.39 Å². The number of methoxy groups -OCH3 is 1. The summed E-state index contributed by atoms with van der Waals surface area (Å²) >= 11 is 0. The lowest BCUT2D eigenvalue weighted by Crippen LogP contribution is -2.40. The number of carbonyl (C=O) groups is 1. The SMILES string of the molecule is COCCN(Cc1cccc(OS(=O)(=O)c2ccc(F)cc2)c1)C(=O)C(C)(C)C. The molecule has 0 heterocycles. The first-order chi connectivity index (χ1) is 13.5. The summed E-state index contributed by atoms with van der Waals surface area (Å²) in [6.07, 6.45) is 0. The molecule has 29 heavy (non-hydrogen) atoms. The standard InChI is InChI=1S/C21H26FNO5S/c1-21(2,3)20(24)23(12-13-27-4)15-16-6-5-7-18(14-16)28-29(25,26)19-10-8-17(22)9-11-19/h5-11,14H,12-13,15H2,1-4H3. The first-order valence-electron chi connectivity index (χ1n) is 9.10. The highest BCUT2D eigenvalue weighted by Crippen LogP contribution is 2.23. The maximum Gasteiger partial charge on any atom is 0.339 e. The third-order valence-corrected chi connectivity index (χ3v) is 5.34. The average Bonchev–Trinajstić information content (AvgIpc) is 2.64. The monoisotopic (exact) mass is 423 g/mol. The van der Waals surface area contributed by atoms with Gasteiger partial charge in [0.15, 0.2) is 0 Å². The van der Waals surface area contributed by atoms with Crippen LogP contribution in [0.2, 0.25) is 0 Å². The Bertz CT molecular complexity index is 936. The van der Waals surface area contributed by atoms with Gasteiger partial charge in [0.25, 0.3) is 0 Å². The number of nitrogens with zero attached hydrogens (tertiary/aromatic N) is 1. The Balaban J connectivity index is 2.20. The summed E-state index contributed by atoms with van der Waals surface area (Å²) in [6.45, 7) is 6.59. The predicted octanol–water partition coefficient (Wildman–Crippen LogP) is 3.61. The van der Waals surface area contributed by atoms with E-state index in [4.69, 9.17) is 8.92 Å². The molecule has 0 aliphatic carbocycles. The summed E-state index contributed by atoms with van der Waals surface area (Å²) in [5.41, 5.74) is 0.152. The van der Waals surface area contributed by atoms with Crippen molar-refractivity contribution in [2.75, 3.05) is 20.3 Å². The van der Waals surface area contributed by atoms with E-state index in [1.165, 1.54) is 6.07 Å². The van der Waals surface area contributed by atoms with Crippen molar-refractivity contribution in [3.8, 4) is 5.75 Å². The van der Waals surface area contributed by atoms with Gasteiger partial charge >= 0.3 is 10.1 Å². The third kappa shape index (κ3) is 6.54. The van der Waals surface area contributed by atoms with Crippen LogP contribution in [0, 0.1) is 11.2 Å². The topological polar surface area (TPSA) is 72.9 Å². The summed E-state index contributed by atoms with van der Waals surface area (Å²) in [4.78, 5) is 14.2. The van der Waals surface area contributed by atoms with Gasteiger partial charge in [-0.25, -0.2) is 4.39 Å². The smallest absolute Gasteiger partial charge is 0.339 e. The summed E-state index contributed by atoms with van der Waals surface area (Å²) in [7, 11) is -2.53. The summed E-state index contributed by atoms with van der Waals surface area (Å²) in [5, 5.41) is 0. The molecule has 0 saturated heterocycles. The highest BCUT2D eigenvalue weighted by molar-refractivity contribution is 7.87. The minimum absolute atomic E-state index is 0.0418. The van der Waals surface area contributed by atoms with Crippen molar-refractivity contribution in [3.63, 3.8) is 0 Å². The van der Waals surface area contributed by atoms with Crippen LogP contribution in [0.3, 0.4) is 0 Å². The van der Waals surface area contributed by atoms with Gasteiger partial charge in [0.05, 0.1) is 6.61 Å². The Kier molecular flexibility index (Phi) is 7.37. The van der Waals surface area contributed by atoms with Gasteiger partial charge < -0.3 is 13.8 Å². The molecule has 0 saturated carbocycles. The van der Waals surface area contributed by atoms with Crippen molar-refractivity contribution in [1.82, 2.24) is 4.90 Å². The summed E-state index contributed by atoms with van der Waals surface area (Å²) in [6, 6.07) is 10.9. The Labute approximate surface area is 171 Å². The van der Waals surface area contributed by atoms with Crippen molar-refractivity contribution in [1.29, 1.82) is 0 Å². The molecular weight excluding hydrogens is 397 g/mol. The molecule has 0 aromatic heterocycles. The fourth-order valence-corrected chi connectivity index (χ4v) is 3.54. The van der Waals surface area contributed by atoms with E-state index in [9.17, 15) is 17.6 Å². The normalized spacial score (nSPS) is 11.9. The molecule has 0 aliphatic heterocycles. The molecule has 2 aromatic carbocycles. The first-order valence-corrected chi connectivity index (χ1v) is 10.5. The van der Waals surface area contributed by atoms with Gasteiger partial charge in [-0.2, -0.15) is 8.42 Å². The minimum Gasteiger partial charge on any atom is -0.383 e. The predicted molar refractivity (Wildman–Crippen MR) is 107 cm³/mol. The lowest BCUT2D eigenvalue weighted by Gasteiger charge is -2.29. The van der Waals surface area contributed by atoms with Crippen molar-refractivity contribution in [2.24, 2.45) is 5.41 Å². The van der Waals surface area contributed by atoms with Gasteiger partial charge in [0.1, 0.15) is 16.5 Å². The zero-order valence-corrected chi connectivity index (χ0v) is 17.8. The molecular formula is C21H26FNO5S. The highest BCUT2D eigenvalue weighted by Gasteiger charge is 2.27. The molecule has 0 bridgehead atoms. The zero-order valence-electron chi connectivity index (χ0n) is 17.0. The molecule has 158 valence electrons. The van der Waals surface area contributed by atoms with Crippen LogP contribution in [0.1, 0.15) is 26.3 Å². The largest absolute Gasteiger partial charge is 0.383 e. The number of carbonyl (C=O) groups excluding carboxylic acids is 1. The van der Waals surface area contributed by atoms with Crippen LogP contribution in [0.5, 0.6) is 5.75 Å². The van der Waals surface area contributed by atoms with Crippen LogP contribution in [0.25, 0.3) is 0 Å². The van der Waals surface area contributed by atoms with Crippen molar-refractivity contribution >= 4 is 16.0 Å². The second-order valence-electron chi connectivity index (χ2n) is 7.61. The van der Waals surface area contributed by atoms with E-state index < -0.39 is 21.4 Å². The number of benzene rings is 2. The molecule has 6 nitrogen and oxygen atoms in total. The van der Waals surface area contributed by atoms with Crippen LogP contribution in [-0.4, -0.2) is 39.5 Å². The Morgan fingerprint density at radius 2 is 1.76 bits per heavy atom. The summed E-state index contributed by atoms with van der Waals surface area (Å²) < 4.78 is 48.1. The van der Waals surface area contributed by atoms with Crippen molar-refractivity contribution in [2.45, 2.75) is 32.2 Å². The van der Waals surface area contributed by atoms with Gasteiger partial charge in [0, 0.05) is 25.6 Å². The summed E-state index contributed by atoms with van der Waals surface area (Å²) in [5.74, 6) is -0.466. The number of hydrogen-bond donors (Lipinski definition) is 0. The number of halogens is 1. The Hall–Kier alpha value is -2.45. The number of hydrogen-bond acceptors (Lipinski definition) is 5. The lowest BCUT2D eigenvalue weighted by atomic mass is 9.94. The van der Waals surface area contributed by atoms with Gasteiger partial charge in [-0.05, 0) is 42.0 Å². The molecule has 0 aliphatic rings. The molecule has 2 rings (SSSR count). The maximum atomic E-state index is 13.0. The molecule has 0 radical (unpaired) electrons. The van der Waals surface area contributed by atoms with E-state index >= 15 is 0 Å². The highest BCUT2D eigenvalue weighted by atomic mass is 32.2. The van der Waals surface area contributed by atoms with E-state index in [1.54, 1.807) is 30.2 Å². The molecule has 1 amide bonds. The van der Waals surface area contributed by atoms with Gasteiger partial charge in [-0.1, -0.05) is 32.9 Å². The van der Waals surface area contributed by atoms with E-state index in [2.05, 4.69) is 0 Å². The van der Waals surface area contributed by atoms with E-state index in [0.717, 1.165) is 24.3 Å². The molecule has 0 unspecified atom stereocenters. The van der Waals surface area contributed by atoms with Gasteiger partial charge in [-0.15, -0.1) is 0 Å². The minimum atomic E-state index is -4.10. The van der Waals surface area contributed by atoms with Crippen LogP contribution in [0.15, 0.2) is 53.4 Å². The molecule has 0 fully saturated rings. The van der Waals surface area contributed by atoms with Gasteiger partial charge in [-0.3, -0.25) is 4.79 Å². The van der Waals surface area contributed by atoms with Crippen molar-refractivity contribution in [3.05, 3.63) is 59.9 Å². The van der Waals surface area contributed by atoms with E-state index in [1.807, 2.05) is 20.8 Å². The second-order valence-corrected chi connectivity index (χ2v) is 9.15. The third-order valence-electron chi connectivity index (χ3n) is 4.07. The molecule has 8 heteroatoms. The fraction of sp³-hybridized carbons (Fsp3) is 0.381. The van der Waals surface area contributed by atoms with Crippen LogP contribution >= 0.6 is 0 Å².